The van der Waals surface area contributed by atoms with E-state index in [4.69, 9.17) is 0 Å². The highest BCUT2D eigenvalue weighted by Crippen LogP contribution is 2.46. The molecule has 0 aliphatic heterocycles. The second-order valence-corrected chi connectivity index (χ2v) is 3.79. The molecule has 11 heavy (non-hydrogen) atoms. The Labute approximate surface area is 70.7 Å². The molecule has 2 rings (SSSR count). The van der Waals surface area contributed by atoms with Gasteiger partial charge in [-0.25, -0.2) is 4.98 Å². The summed E-state index contributed by atoms with van der Waals surface area (Å²) in [4.78, 5) is 4.30. The molecular formula is C8H12N2S. The van der Waals surface area contributed by atoms with Crippen molar-refractivity contribution < 1.29 is 0 Å². The van der Waals surface area contributed by atoms with E-state index in [1.54, 1.807) is 11.3 Å². The zero-order valence-corrected chi connectivity index (χ0v) is 7.40. The molecule has 1 aliphatic rings. The van der Waals surface area contributed by atoms with Crippen molar-refractivity contribution in [1.82, 2.24) is 10.3 Å². The Morgan fingerprint density at radius 1 is 1.82 bits per heavy atom. The van der Waals surface area contributed by atoms with Crippen LogP contribution in [0, 0.1) is 5.92 Å². The number of thiazole rings is 1. The summed E-state index contributed by atoms with van der Waals surface area (Å²) < 4.78 is 0. The first kappa shape index (κ1) is 7.25. The summed E-state index contributed by atoms with van der Waals surface area (Å²) in [6.45, 7) is 1.14. The van der Waals surface area contributed by atoms with Crippen LogP contribution in [0.3, 0.4) is 0 Å². The van der Waals surface area contributed by atoms with Crippen molar-refractivity contribution in [3.05, 3.63) is 16.6 Å². The smallest absolute Gasteiger partial charge is 0.0794 e. The largest absolute Gasteiger partial charge is 0.319 e. The molecule has 60 valence electrons. The van der Waals surface area contributed by atoms with Crippen molar-refractivity contribution in [1.29, 1.82) is 0 Å². The monoisotopic (exact) mass is 168 g/mol. The second kappa shape index (κ2) is 2.91. The van der Waals surface area contributed by atoms with Gasteiger partial charge in [0.15, 0.2) is 0 Å². The number of hydrogen-bond donors (Lipinski definition) is 1. The van der Waals surface area contributed by atoms with E-state index < -0.39 is 0 Å². The Morgan fingerprint density at radius 3 is 3.36 bits per heavy atom. The van der Waals surface area contributed by atoms with Crippen LogP contribution >= 0.6 is 11.3 Å². The average molecular weight is 168 g/mol. The molecule has 0 aromatic carbocycles. The third-order valence-corrected chi connectivity index (χ3v) is 2.82. The third-order valence-electron chi connectivity index (χ3n) is 2.22. The molecule has 2 atom stereocenters. The summed E-state index contributed by atoms with van der Waals surface area (Å²) in [7, 11) is 2.01. The minimum Gasteiger partial charge on any atom is -0.319 e. The van der Waals surface area contributed by atoms with Gasteiger partial charge in [-0.3, -0.25) is 0 Å². The molecule has 1 aliphatic carbocycles. The van der Waals surface area contributed by atoms with Crippen molar-refractivity contribution in [2.75, 3.05) is 13.6 Å². The fourth-order valence-electron chi connectivity index (χ4n) is 1.50. The summed E-state index contributed by atoms with van der Waals surface area (Å²) >= 11 is 1.70. The predicted molar refractivity (Wildman–Crippen MR) is 46.9 cm³/mol. The van der Waals surface area contributed by atoms with Crippen LogP contribution in [-0.2, 0) is 0 Å². The molecule has 0 amide bonds. The molecule has 1 saturated carbocycles. The van der Waals surface area contributed by atoms with E-state index in [2.05, 4.69) is 15.7 Å². The fourth-order valence-corrected chi connectivity index (χ4v) is 2.12. The van der Waals surface area contributed by atoms with Crippen LogP contribution in [0.1, 0.15) is 18.0 Å². The Hall–Kier alpha value is -0.410. The van der Waals surface area contributed by atoms with Crippen molar-refractivity contribution >= 4 is 11.3 Å². The van der Waals surface area contributed by atoms with Gasteiger partial charge >= 0.3 is 0 Å². The van der Waals surface area contributed by atoms with Crippen LogP contribution in [-0.4, -0.2) is 18.6 Å². The Morgan fingerprint density at radius 2 is 2.73 bits per heavy atom. The Bertz CT molecular complexity index is 220. The minimum absolute atomic E-state index is 0.758. The minimum atomic E-state index is 0.758. The first-order chi connectivity index (χ1) is 5.42. The third kappa shape index (κ3) is 1.44. The molecule has 0 bridgehead atoms. The van der Waals surface area contributed by atoms with Crippen molar-refractivity contribution in [2.45, 2.75) is 12.3 Å². The zero-order chi connectivity index (χ0) is 7.68. The summed E-state index contributed by atoms with van der Waals surface area (Å²) in [5.74, 6) is 1.61. The lowest BCUT2D eigenvalue weighted by Crippen LogP contribution is -2.10. The number of nitrogens with zero attached hydrogens (tertiary/aromatic N) is 1. The Kier molecular flexibility index (Phi) is 1.92. The van der Waals surface area contributed by atoms with Gasteiger partial charge in [-0.15, -0.1) is 11.3 Å². The lowest BCUT2D eigenvalue weighted by molar-refractivity contribution is 0.694. The van der Waals surface area contributed by atoms with E-state index >= 15 is 0 Å². The first-order valence-corrected chi connectivity index (χ1v) is 4.89. The number of rotatable bonds is 3. The zero-order valence-electron chi connectivity index (χ0n) is 6.58. The first-order valence-electron chi connectivity index (χ1n) is 3.94. The van der Waals surface area contributed by atoms with Gasteiger partial charge in [-0.2, -0.15) is 0 Å². The van der Waals surface area contributed by atoms with Gasteiger partial charge in [0.05, 0.1) is 11.2 Å². The SMILES string of the molecule is CNCC1CC1c1cscn1. The molecule has 3 heteroatoms. The van der Waals surface area contributed by atoms with Gasteiger partial charge in [0, 0.05) is 11.3 Å². The summed E-state index contributed by atoms with van der Waals surface area (Å²) in [6, 6.07) is 0. The lowest BCUT2D eigenvalue weighted by atomic mass is 10.2. The topological polar surface area (TPSA) is 24.9 Å². The van der Waals surface area contributed by atoms with Gasteiger partial charge in [0.1, 0.15) is 0 Å². The highest BCUT2D eigenvalue weighted by atomic mass is 32.1. The van der Waals surface area contributed by atoms with Crippen LogP contribution in [0.25, 0.3) is 0 Å². The molecule has 2 unspecified atom stereocenters. The van der Waals surface area contributed by atoms with Crippen LogP contribution in [0.2, 0.25) is 0 Å². The van der Waals surface area contributed by atoms with E-state index in [0.717, 1.165) is 18.4 Å². The maximum absolute atomic E-state index is 4.30. The molecule has 2 nitrogen and oxygen atoms in total. The molecule has 1 aromatic heterocycles. The van der Waals surface area contributed by atoms with Crippen molar-refractivity contribution in [3.8, 4) is 0 Å². The van der Waals surface area contributed by atoms with Gasteiger partial charge in [-0.1, -0.05) is 0 Å². The van der Waals surface area contributed by atoms with Crippen LogP contribution in [0.4, 0.5) is 0 Å². The molecule has 0 saturated heterocycles. The molecule has 1 N–H and O–H groups in total. The van der Waals surface area contributed by atoms with Crippen LogP contribution < -0.4 is 5.32 Å². The Balaban J connectivity index is 1.92. The molecular weight excluding hydrogens is 156 g/mol. The standard InChI is InChI=1S/C8H12N2S/c1-9-3-6-2-7(6)8-4-11-5-10-8/h4-7,9H,2-3H2,1H3. The van der Waals surface area contributed by atoms with Crippen molar-refractivity contribution in [3.63, 3.8) is 0 Å². The number of aromatic nitrogens is 1. The molecule has 0 radical (unpaired) electrons. The van der Waals surface area contributed by atoms with Crippen LogP contribution in [0.5, 0.6) is 0 Å². The highest BCUT2D eigenvalue weighted by molar-refractivity contribution is 7.07. The van der Waals surface area contributed by atoms with Crippen molar-refractivity contribution in [2.24, 2.45) is 5.92 Å². The number of nitrogens with one attached hydrogen (secondary N) is 1. The maximum atomic E-state index is 4.30. The maximum Gasteiger partial charge on any atom is 0.0794 e. The predicted octanol–water partition coefficient (Wildman–Crippen LogP) is 1.47. The molecule has 1 fully saturated rings. The quantitative estimate of drug-likeness (QED) is 0.739. The van der Waals surface area contributed by atoms with Crippen LogP contribution in [0.15, 0.2) is 10.9 Å². The van der Waals surface area contributed by atoms with E-state index in [-0.39, 0.29) is 0 Å². The average Bonchev–Trinajstić information content (AvgIpc) is 2.61. The van der Waals surface area contributed by atoms with E-state index in [0.29, 0.717) is 0 Å². The number of hydrogen-bond acceptors (Lipinski definition) is 3. The summed E-state index contributed by atoms with van der Waals surface area (Å²) in [6.07, 6.45) is 1.32. The fraction of sp³-hybridized carbons (Fsp3) is 0.625. The highest BCUT2D eigenvalue weighted by Gasteiger charge is 2.38. The van der Waals surface area contributed by atoms with E-state index in [1.807, 2.05) is 12.6 Å². The molecule has 1 heterocycles. The van der Waals surface area contributed by atoms with Gasteiger partial charge < -0.3 is 5.32 Å². The van der Waals surface area contributed by atoms with Gasteiger partial charge in [-0.05, 0) is 25.9 Å². The lowest BCUT2D eigenvalue weighted by Gasteiger charge is -1.94. The normalized spacial score (nSPS) is 28.8. The van der Waals surface area contributed by atoms with Gasteiger partial charge in [0.2, 0.25) is 0 Å². The molecule has 0 spiro atoms. The van der Waals surface area contributed by atoms with Gasteiger partial charge in [0.25, 0.3) is 0 Å². The summed E-state index contributed by atoms with van der Waals surface area (Å²) in [5, 5.41) is 5.36. The summed E-state index contributed by atoms with van der Waals surface area (Å²) in [5.41, 5.74) is 3.22. The van der Waals surface area contributed by atoms with E-state index in [9.17, 15) is 0 Å². The second-order valence-electron chi connectivity index (χ2n) is 3.07. The van der Waals surface area contributed by atoms with E-state index in [1.165, 1.54) is 12.1 Å². The molecule has 1 aromatic rings.